The first-order valence-corrected chi connectivity index (χ1v) is 6.52. The minimum absolute atomic E-state index is 0.483. The molecule has 94 valence electrons. The molecule has 0 spiro atoms. The third-order valence-corrected chi connectivity index (χ3v) is 2.76. The maximum atomic E-state index is 10.3. The van der Waals surface area contributed by atoms with Gasteiger partial charge in [0.05, 0.1) is 6.61 Å². The van der Waals surface area contributed by atoms with Gasteiger partial charge in [-0.05, 0) is 24.1 Å². The molecule has 0 unspecified atom stereocenters. The number of aldehydes is 1. The topological polar surface area (TPSA) is 26.3 Å². The second-order valence-electron chi connectivity index (χ2n) is 4.28. The van der Waals surface area contributed by atoms with Crippen LogP contribution in [0.15, 0.2) is 24.3 Å². The first kappa shape index (κ1) is 13.8. The van der Waals surface area contributed by atoms with Crippen molar-refractivity contribution in [2.24, 2.45) is 0 Å². The van der Waals surface area contributed by atoms with Gasteiger partial charge < -0.3 is 9.53 Å². The molecule has 0 fully saturated rings. The number of rotatable bonds is 9. The largest absolute Gasteiger partial charge is 0.494 e. The number of hydrogen-bond donors (Lipinski definition) is 0. The third-order valence-electron chi connectivity index (χ3n) is 2.76. The molecule has 0 aliphatic heterocycles. The Labute approximate surface area is 104 Å². The van der Waals surface area contributed by atoms with Gasteiger partial charge in [-0.15, -0.1) is 0 Å². The van der Waals surface area contributed by atoms with Crippen molar-refractivity contribution in [1.82, 2.24) is 0 Å². The predicted octanol–water partition coefficient (Wildman–Crippen LogP) is 3.78. The van der Waals surface area contributed by atoms with Gasteiger partial charge in [-0.3, -0.25) is 0 Å². The fourth-order valence-electron chi connectivity index (χ4n) is 1.71. The summed E-state index contributed by atoms with van der Waals surface area (Å²) in [6.07, 6.45) is 7.67. The molecule has 0 bridgehead atoms. The summed E-state index contributed by atoms with van der Waals surface area (Å²) in [6, 6.07) is 7.76. The van der Waals surface area contributed by atoms with Crippen LogP contribution in [0.2, 0.25) is 0 Å². The Hall–Kier alpha value is -1.31. The summed E-state index contributed by atoms with van der Waals surface area (Å²) in [5.41, 5.74) is 1.04. The molecule has 0 saturated carbocycles. The number of benzene rings is 1. The Morgan fingerprint density at radius 1 is 1.06 bits per heavy atom. The summed E-state index contributed by atoms with van der Waals surface area (Å²) in [4.78, 5) is 10.3. The van der Waals surface area contributed by atoms with Crippen molar-refractivity contribution in [1.29, 1.82) is 0 Å². The molecular formula is C15H22O2. The molecule has 1 rings (SSSR count). The number of unbranched alkanes of at least 4 members (excludes halogenated alkanes) is 4. The van der Waals surface area contributed by atoms with Crippen LogP contribution >= 0.6 is 0 Å². The van der Waals surface area contributed by atoms with Gasteiger partial charge in [0.25, 0.3) is 0 Å². The minimum atomic E-state index is 0.483. The molecule has 0 aromatic heterocycles. The molecule has 2 heteroatoms. The van der Waals surface area contributed by atoms with Crippen molar-refractivity contribution in [3.8, 4) is 5.75 Å². The lowest BCUT2D eigenvalue weighted by Gasteiger charge is -2.06. The zero-order valence-corrected chi connectivity index (χ0v) is 10.7. The lowest BCUT2D eigenvalue weighted by molar-refractivity contribution is -0.107. The predicted molar refractivity (Wildman–Crippen MR) is 70.5 cm³/mol. The Bertz CT molecular complexity index is 303. The highest BCUT2D eigenvalue weighted by atomic mass is 16.5. The van der Waals surface area contributed by atoms with E-state index in [1.807, 2.05) is 24.3 Å². The van der Waals surface area contributed by atoms with E-state index in [4.69, 9.17) is 4.74 Å². The van der Waals surface area contributed by atoms with E-state index in [9.17, 15) is 4.79 Å². The molecule has 1 aromatic rings. The van der Waals surface area contributed by atoms with Gasteiger partial charge in [-0.25, -0.2) is 0 Å². The highest BCUT2D eigenvalue weighted by Gasteiger charge is 1.95. The fourth-order valence-corrected chi connectivity index (χ4v) is 1.71. The molecule has 0 aliphatic rings. The van der Waals surface area contributed by atoms with Crippen LogP contribution in [-0.4, -0.2) is 12.9 Å². The number of carbonyl (C=O) groups is 1. The molecule has 2 nitrogen and oxygen atoms in total. The van der Waals surface area contributed by atoms with Crippen LogP contribution in [-0.2, 0) is 11.2 Å². The average molecular weight is 234 g/mol. The highest BCUT2D eigenvalue weighted by molar-refractivity contribution is 5.55. The van der Waals surface area contributed by atoms with E-state index >= 15 is 0 Å². The second kappa shape index (κ2) is 8.80. The maximum Gasteiger partial charge on any atom is 0.124 e. The van der Waals surface area contributed by atoms with Crippen molar-refractivity contribution in [3.05, 3.63) is 29.8 Å². The Balaban J connectivity index is 2.16. The summed E-state index contributed by atoms with van der Waals surface area (Å²) in [5.74, 6) is 0.898. The summed E-state index contributed by atoms with van der Waals surface area (Å²) in [7, 11) is 0. The van der Waals surface area contributed by atoms with Gasteiger partial charge in [0.2, 0.25) is 0 Å². The van der Waals surface area contributed by atoms with Crippen LogP contribution in [0.5, 0.6) is 5.75 Å². The van der Waals surface area contributed by atoms with E-state index in [0.717, 1.165) is 30.6 Å². The smallest absolute Gasteiger partial charge is 0.124 e. The molecule has 0 aliphatic carbocycles. The molecule has 1 aromatic carbocycles. The fraction of sp³-hybridized carbons (Fsp3) is 0.533. The summed E-state index contributed by atoms with van der Waals surface area (Å²) in [5, 5.41) is 0. The molecule has 0 N–H and O–H groups in total. The number of hydrogen-bond acceptors (Lipinski definition) is 2. The first-order chi connectivity index (χ1) is 8.36. The van der Waals surface area contributed by atoms with E-state index in [2.05, 4.69) is 6.92 Å². The average Bonchev–Trinajstić information content (AvgIpc) is 2.36. The summed E-state index contributed by atoms with van der Waals surface area (Å²) < 4.78 is 5.63. The van der Waals surface area contributed by atoms with E-state index < -0.39 is 0 Å². The van der Waals surface area contributed by atoms with Crippen LogP contribution in [0.4, 0.5) is 0 Å². The summed E-state index contributed by atoms with van der Waals surface area (Å²) >= 11 is 0. The third kappa shape index (κ3) is 6.10. The van der Waals surface area contributed by atoms with Gasteiger partial charge in [-0.1, -0.05) is 44.7 Å². The van der Waals surface area contributed by atoms with Crippen molar-refractivity contribution >= 4 is 6.29 Å². The van der Waals surface area contributed by atoms with Crippen molar-refractivity contribution in [2.45, 2.75) is 45.4 Å². The Morgan fingerprint density at radius 2 is 1.76 bits per heavy atom. The van der Waals surface area contributed by atoms with Crippen molar-refractivity contribution in [3.63, 3.8) is 0 Å². The van der Waals surface area contributed by atoms with E-state index in [1.54, 1.807) is 0 Å². The minimum Gasteiger partial charge on any atom is -0.494 e. The lowest BCUT2D eigenvalue weighted by atomic mass is 10.1. The molecule has 0 amide bonds. The quantitative estimate of drug-likeness (QED) is 0.480. The molecule has 17 heavy (non-hydrogen) atoms. The SMILES string of the molecule is CCCCCCCOc1ccc(CC=O)cc1. The van der Waals surface area contributed by atoms with Crippen LogP contribution in [0.3, 0.4) is 0 Å². The van der Waals surface area contributed by atoms with Crippen LogP contribution in [0.1, 0.15) is 44.6 Å². The molecule has 0 heterocycles. The van der Waals surface area contributed by atoms with E-state index in [0.29, 0.717) is 6.42 Å². The standard InChI is InChI=1S/C15H22O2/c1-2-3-4-5-6-13-17-15-9-7-14(8-10-15)11-12-16/h7-10,12H,2-6,11,13H2,1H3. The Kier molecular flexibility index (Phi) is 7.12. The molecule has 0 atom stereocenters. The van der Waals surface area contributed by atoms with Crippen molar-refractivity contribution in [2.75, 3.05) is 6.61 Å². The zero-order valence-electron chi connectivity index (χ0n) is 10.7. The van der Waals surface area contributed by atoms with Gasteiger partial charge in [0.15, 0.2) is 0 Å². The first-order valence-electron chi connectivity index (χ1n) is 6.52. The van der Waals surface area contributed by atoms with Gasteiger partial charge in [0.1, 0.15) is 12.0 Å². The lowest BCUT2D eigenvalue weighted by Crippen LogP contribution is -1.97. The van der Waals surface area contributed by atoms with Crippen LogP contribution in [0.25, 0.3) is 0 Å². The summed E-state index contributed by atoms with van der Waals surface area (Å²) in [6.45, 7) is 3.01. The van der Waals surface area contributed by atoms with Crippen LogP contribution in [0, 0.1) is 0 Å². The molecular weight excluding hydrogens is 212 g/mol. The number of carbonyl (C=O) groups excluding carboxylic acids is 1. The normalized spacial score (nSPS) is 10.2. The maximum absolute atomic E-state index is 10.3. The van der Waals surface area contributed by atoms with Gasteiger partial charge in [0, 0.05) is 6.42 Å². The zero-order chi connectivity index (χ0) is 12.3. The van der Waals surface area contributed by atoms with Gasteiger partial charge >= 0.3 is 0 Å². The monoisotopic (exact) mass is 234 g/mol. The van der Waals surface area contributed by atoms with E-state index in [-0.39, 0.29) is 0 Å². The molecule has 0 saturated heterocycles. The molecule has 0 radical (unpaired) electrons. The number of ether oxygens (including phenoxy) is 1. The highest BCUT2D eigenvalue weighted by Crippen LogP contribution is 2.13. The van der Waals surface area contributed by atoms with E-state index in [1.165, 1.54) is 25.7 Å². The van der Waals surface area contributed by atoms with Crippen LogP contribution < -0.4 is 4.74 Å². The Morgan fingerprint density at radius 3 is 2.41 bits per heavy atom. The second-order valence-corrected chi connectivity index (χ2v) is 4.28. The van der Waals surface area contributed by atoms with Gasteiger partial charge in [-0.2, -0.15) is 0 Å². The van der Waals surface area contributed by atoms with Crippen molar-refractivity contribution < 1.29 is 9.53 Å².